The average molecular weight is 471 g/mol. The lowest BCUT2D eigenvalue weighted by atomic mass is 9.95. The first kappa shape index (κ1) is 24.5. The van der Waals surface area contributed by atoms with Crippen LogP contribution in [-0.4, -0.2) is 47.9 Å². The Morgan fingerprint density at radius 1 is 0.886 bits per heavy atom. The van der Waals surface area contributed by atoms with Crippen LogP contribution >= 0.6 is 0 Å². The van der Waals surface area contributed by atoms with Crippen molar-refractivity contribution in [3.05, 3.63) is 95.2 Å². The lowest BCUT2D eigenvalue weighted by molar-refractivity contribution is -0.133. The number of nitrogens with two attached hydrogens (primary N) is 1. The molecule has 1 fully saturated rings. The largest absolute Gasteiger partial charge is 0.366 e. The molecule has 0 saturated carbocycles. The van der Waals surface area contributed by atoms with E-state index in [2.05, 4.69) is 24.0 Å². The van der Waals surface area contributed by atoms with E-state index in [1.165, 1.54) is 5.56 Å². The van der Waals surface area contributed by atoms with Crippen LogP contribution in [0.4, 0.5) is 5.82 Å². The number of amides is 2. The molecule has 1 saturated heterocycles. The minimum atomic E-state index is -0.444. The molecule has 4 rings (SSSR count). The summed E-state index contributed by atoms with van der Waals surface area (Å²) in [5.41, 5.74) is 9.21. The molecular weight excluding hydrogens is 436 g/mol. The number of carbonyl (C=O) groups excluding carboxylic acids is 2. The zero-order chi connectivity index (χ0) is 24.6. The van der Waals surface area contributed by atoms with E-state index < -0.39 is 5.91 Å². The lowest BCUT2D eigenvalue weighted by Gasteiger charge is -2.37. The van der Waals surface area contributed by atoms with E-state index in [-0.39, 0.29) is 11.8 Å². The molecule has 2 amide bonds. The van der Waals surface area contributed by atoms with Crippen molar-refractivity contribution in [3.63, 3.8) is 0 Å². The smallest absolute Gasteiger partial charge is 0.250 e. The van der Waals surface area contributed by atoms with Crippen LogP contribution in [0, 0.1) is 0 Å². The average Bonchev–Trinajstić information content (AvgIpc) is 2.90. The number of aryl methyl sites for hydroxylation is 2. The van der Waals surface area contributed by atoms with Gasteiger partial charge in [-0.3, -0.25) is 9.59 Å². The van der Waals surface area contributed by atoms with Crippen LogP contribution in [-0.2, 0) is 17.6 Å². The molecule has 182 valence electrons. The number of piperazine rings is 1. The summed E-state index contributed by atoms with van der Waals surface area (Å²) in [5, 5.41) is 0. The molecule has 6 heteroatoms. The van der Waals surface area contributed by atoms with Gasteiger partial charge in [0.15, 0.2) is 0 Å². The zero-order valence-electron chi connectivity index (χ0n) is 20.4. The van der Waals surface area contributed by atoms with Gasteiger partial charge in [0.1, 0.15) is 5.82 Å². The molecule has 0 spiro atoms. The molecule has 35 heavy (non-hydrogen) atoms. The summed E-state index contributed by atoms with van der Waals surface area (Å²) in [4.78, 5) is 34.2. The highest BCUT2D eigenvalue weighted by Crippen LogP contribution is 2.24. The van der Waals surface area contributed by atoms with Crippen LogP contribution in [0.3, 0.4) is 0 Å². The summed E-state index contributed by atoms with van der Waals surface area (Å²) in [5.74, 6) is 0.483. The molecular formula is C29H34N4O2. The van der Waals surface area contributed by atoms with Gasteiger partial charge < -0.3 is 15.5 Å². The number of rotatable bonds is 9. The predicted octanol–water partition coefficient (Wildman–Crippen LogP) is 4.20. The molecule has 2 aromatic carbocycles. The van der Waals surface area contributed by atoms with E-state index in [9.17, 15) is 9.59 Å². The van der Waals surface area contributed by atoms with E-state index in [0.29, 0.717) is 38.2 Å². The number of benzene rings is 2. The lowest BCUT2D eigenvalue weighted by Crippen LogP contribution is -2.50. The Morgan fingerprint density at radius 3 is 2.17 bits per heavy atom. The highest BCUT2D eigenvalue weighted by Gasteiger charge is 2.28. The molecule has 1 aromatic heterocycles. The van der Waals surface area contributed by atoms with Crippen LogP contribution in [0.1, 0.15) is 52.9 Å². The quantitative estimate of drug-likeness (QED) is 0.508. The van der Waals surface area contributed by atoms with Crippen molar-refractivity contribution in [1.29, 1.82) is 0 Å². The van der Waals surface area contributed by atoms with Crippen LogP contribution in [0.2, 0.25) is 0 Å². The molecule has 6 nitrogen and oxygen atoms in total. The summed E-state index contributed by atoms with van der Waals surface area (Å²) in [7, 11) is 0. The maximum Gasteiger partial charge on any atom is 0.250 e. The van der Waals surface area contributed by atoms with Gasteiger partial charge in [-0.05, 0) is 48.9 Å². The number of pyridine rings is 1. The standard InChI is InChI=1S/C29H34N4O2/c1-2-24(23-13-7-4-8-14-23)29(35)33-20-18-32(19-21-33)27-17-16-25(28(30)34)26(31-27)15-9-12-22-10-5-3-6-11-22/h3-8,10-11,13-14,16-17,24H,2,9,12,15,18-21H2,1H3,(H2,30,34). The molecule has 1 aliphatic rings. The predicted molar refractivity (Wildman–Crippen MR) is 139 cm³/mol. The summed E-state index contributed by atoms with van der Waals surface area (Å²) in [6.45, 7) is 4.80. The van der Waals surface area contributed by atoms with Gasteiger partial charge in [0.05, 0.1) is 17.2 Å². The monoisotopic (exact) mass is 470 g/mol. The Labute approximate surface area is 207 Å². The van der Waals surface area contributed by atoms with E-state index in [4.69, 9.17) is 10.7 Å². The van der Waals surface area contributed by atoms with Crippen molar-refractivity contribution in [2.75, 3.05) is 31.1 Å². The number of primary amides is 1. The first-order valence-corrected chi connectivity index (χ1v) is 12.5. The fourth-order valence-electron chi connectivity index (χ4n) is 4.80. The molecule has 3 aromatic rings. The van der Waals surface area contributed by atoms with Gasteiger partial charge in [0.2, 0.25) is 5.91 Å². The van der Waals surface area contributed by atoms with Crippen molar-refractivity contribution in [1.82, 2.24) is 9.88 Å². The first-order valence-electron chi connectivity index (χ1n) is 12.5. The van der Waals surface area contributed by atoms with Gasteiger partial charge in [0, 0.05) is 26.2 Å². The first-order chi connectivity index (χ1) is 17.1. The molecule has 1 aliphatic heterocycles. The second kappa shape index (κ2) is 11.6. The van der Waals surface area contributed by atoms with Gasteiger partial charge in [-0.1, -0.05) is 67.6 Å². The van der Waals surface area contributed by atoms with Gasteiger partial charge in [0.25, 0.3) is 5.91 Å². The third-order valence-corrected chi connectivity index (χ3v) is 6.77. The third-order valence-electron chi connectivity index (χ3n) is 6.77. The number of nitrogens with zero attached hydrogens (tertiary/aromatic N) is 3. The number of aromatic nitrogens is 1. The minimum Gasteiger partial charge on any atom is -0.366 e. The Balaban J connectivity index is 1.40. The van der Waals surface area contributed by atoms with Crippen molar-refractivity contribution >= 4 is 17.6 Å². The molecule has 1 unspecified atom stereocenters. The van der Waals surface area contributed by atoms with Crippen LogP contribution in [0.5, 0.6) is 0 Å². The fraction of sp³-hybridized carbons (Fsp3) is 0.345. The maximum absolute atomic E-state index is 13.2. The van der Waals surface area contributed by atoms with Crippen molar-refractivity contribution in [2.24, 2.45) is 5.73 Å². The second-order valence-corrected chi connectivity index (χ2v) is 9.05. The Morgan fingerprint density at radius 2 is 1.54 bits per heavy atom. The molecule has 0 bridgehead atoms. The fourth-order valence-corrected chi connectivity index (χ4v) is 4.80. The Kier molecular flexibility index (Phi) is 8.14. The van der Waals surface area contributed by atoms with Gasteiger partial charge in [-0.25, -0.2) is 4.98 Å². The van der Waals surface area contributed by atoms with E-state index in [1.54, 1.807) is 6.07 Å². The second-order valence-electron chi connectivity index (χ2n) is 9.05. The van der Waals surface area contributed by atoms with Crippen LogP contribution in [0.25, 0.3) is 0 Å². The van der Waals surface area contributed by atoms with Gasteiger partial charge in [-0.2, -0.15) is 0 Å². The number of carbonyl (C=O) groups is 2. The topological polar surface area (TPSA) is 79.5 Å². The Bertz CT molecular complexity index is 1130. The summed E-state index contributed by atoms with van der Waals surface area (Å²) in [6, 6.07) is 24.0. The van der Waals surface area contributed by atoms with E-state index >= 15 is 0 Å². The maximum atomic E-state index is 13.2. The highest BCUT2D eigenvalue weighted by molar-refractivity contribution is 5.94. The molecule has 2 N–H and O–H groups in total. The Hall–Kier alpha value is -3.67. The highest BCUT2D eigenvalue weighted by atomic mass is 16.2. The molecule has 0 aliphatic carbocycles. The summed E-state index contributed by atoms with van der Waals surface area (Å²) >= 11 is 0. The van der Waals surface area contributed by atoms with Crippen molar-refractivity contribution in [2.45, 2.75) is 38.5 Å². The summed E-state index contributed by atoms with van der Waals surface area (Å²) < 4.78 is 0. The zero-order valence-corrected chi connectivity index (χ0v) is 20.4. The number of anilines is 1. The minimum absolute atomic E-state index is 0.105. The van der Waals surface area contributed by atoms with E-state index in [1.807, 2.05) is 59.5 Å². The number of hydrogen-bond donors (Lipinski definition) is 1. The van der Waals surface area contributed by atoms with Crippen LogP contribution < -0.4 is 10.6 Å². The van der Waals surface area contributed by atoms with E-state index in [0.717, 1.165) is 36.3 Å². The van der Waals surface area contributed by atoms with Gasteiger partial charge in [-0.15, -0.1) is 0 Å². The van der Waals surface area contributed by atoms with Crippen molar-refractivity contribution in [3.8, 4) is 0 Å². The molecule has 1 atom stereocenters. The number of hydrogen-bond acceptors (Lipinski definition) is 4. The molecule has 2 heterocycles. The normalized spacial score (nSPS) is 14.5. The third kappa shape index (κ3) is 6.07. The van der Waals surface area contributed by atoms with Gasteiger partial charge >= 0.3 is 0 Å². The molecule has 0 radical (unpaired) electrons. The van der Waals surface area contributed by atoms with Crippen molar-refractivity contribution < 1.29 is 9.59 Å². The summed E-state index contributed by atoms with van der Waals surface area (Å²) in [6.07, 6.45) is 3.28. The van der Waals surface area contributed by atoms with Crippen LogP contribution in [0.15, 0.2) is 72.8 Å². The SMILES string of the molecule is CCC(C(=O)N1CCN(c2ccc(C(N)=O)c(CCCc3ccccc3)n2)CC1)c1ccccc1.